The molecule has 5 heteroatoms. The Kier molecular flexibility index (Phi) is 3.58. The average Bonchev–Trinajstić information content (AvgIpc) is 2.67. The Labute approximate surface area is 121 Å². The molecule has 0 fully saturated rings. The van der Waals surface area contributed by atoms with E-state index in [0.29, 0.717) is 18.5 Å². The summed E-state index contributed by atoms with van der Waals surface area (Å²) in [6.45, 7) is 0.548. The maximum Gasteiger partial charge on any atom is 0.259 e. The Balaban J connectivity index is 2.01. The molecule has 1 unspecified atom stereocenters. The van der Waals surface area contributed by atoms with Crippen LogP contribution in [0.4, 0.5) is 5.69 Å². The van der Waals surface area contributed by atoms with Crippen LogP contribution in [0.2, 0.25) is 0 Å². The van der Waals surface area contributed by atoms with E-state index in [1.54, 1.807) is 4.90 Å². The van der Waals surface area contributed by atoms with Crippen LogP contribution in [0.1, 0.15) is 34.9 Å². The zero-order chi connectivity index (χ0) is 14.8. The standard InChI is InChI=1S/C16H16N2O3/c19-14-6-3-9-18(13-5-2-1-4-12(13)14)16(21)11-7-8-15(20)17-10-11/h1-2,4-5,7-8,10,14,19H,3,6,9H2,(H,17,20). The van der Waals surface area contributed by atoms with Gasteiger partial charge >= 0.3 is 0 Å². The second-order valence-corrected chi connectivity index (χ2v) is 5.12. The van der Waals surface area contributed by atoms with Gasteiger partial charge in [0.1, 0.15) is 0 Å². The van der Waals surface area contributed by atoms with Crippen LogP contribution in [-0.2, 0) is 0 Å². The molecule has 1 aromatic heterocycles. The summed E-state index contributed by atoms with van der Waals surface area (Å²) in [6.07, 6.45) is 2.24. The molecule has 3 rings (SSSR count). The predicted molar refractivity (Wildman–Crippen MR) is 79.4 cm³/mol. The van der Waals surface area contributed by atoms with Gasteiger partial charge in [0.2, 0.25) is 5.56 Å². The topological polar surface area (TPSA) is 73.4 Å². The Hall–Kier alpha value is -2.40. The SMILES string of the molecule is O=C(c1ccc(=O)[nH]c1)N1CCCC(O)c2ccccc21. The van der Waals surface area contributed by atoms with E-state index >= 15 is 0 Å². The fourth-order valence-electron chi connectivity index (χ4n) is 2.64. The van der Waals surface area contributed by atoms with Gasteiger partial charge in [0, 0.05) is 30.1 Å². The van der Waals surface area contributed by atoms with Crippen LogP contribution in [0.15, 0.2) is 47.4 Å². The third kappa shape index (κ3) is 2.60. The molecule has 1 aromatic carbocycles. The fraction of sp³-hybridized carbons (Fsp3) is 0.250. The molecule has 0 saturated carbocycles. The lowest BCUT2D eigenvalue weighted by Crippen LogP contribution is -2.32. The predicted octanol–water partition coefficient (Wildman–Crippen LogP) is 1.85. The number of fused-ring (bicyclic) bond motifs is 1. The van der Waals surface area contributed by atoms with Crippen LogP contribution in [0.3, 0.4) is 0 Å². The van der Waals surface area contributed by atoms with Crippen molar-refractivity contribution in [3.05, 3.63) is 64.1 Å². The Morgan fingerprint density at radius 3 is 2.81 bits per heavy atom. The molecule has 0 bridgehead atoms. The second kappa shape index (κ2) is 5.54. The fourth-order valence-corrected chi connectivity index (χ4v) is 2.64. The molecule has 0 spiro atoms. The number of carbonyl (C=O) groups excluding carboxylic acids is 1. The van der Waals surface area contributed by atoms with Gasteiger partial charge in [-0.25, -0.2) is 0 Å². The molecule has 2 heterocycles. The molecule has 1 atom stereocenters. The van der Waals surface area contributed by atoms with Crippen molar-refractivity contribution in [2.24, 2.45) is 0 Å². The molecule has 5 nitrogen and oxygen atoms in total. The molecule has 0 radical (unpaired) electrons. The van der Waals surface area contributed by atoms with E-state index in [2.05, 4.69) is 4.98 Å². The van der Waals surface area contributed by atoms with Crippen LogP contribution < -0.4 is 10.5 Å². The van der Waals surface area contributed by atoms with Crippen LogP contribution in [0, 0.1) is 0 Å². The number of aromatic nitrogens is 1. The zero-order valence-electron chi connectivity index (χ0n) is 11.5. The number of H-pyrrole nitrogens is 1. The van der Waals surface area contributed by atoms with E-state index in [-0.39, 0.29) is 11.5 Å². The maximum atomic E-state index is 12.7. The number of rotatable bonds is 1. The molecule has 0 saturated heterocycles. The number of aliphatic hydroxyl groups excluding tert-OH is 1. The summed E-state index contributed by atoms with van der Waals surface area (Å²) in [7, 11) is 0. The summed E-state index contributed by atoms with van der Waals surface area (Å²) in [5.74, 6) is -0.173. The van der Waals surface area contributed by atoms with Crippen molar-refractivity contribution in [2.75, 3.05) is 11.4 Å². The highest BCUT2D eigenvalue weighted by Gasteiger charge is 2.25. The molecule has 21 heavy (non-hydrogen) atoms. The lowest BCUT2D eigenvalue weighted by molar-refractivity contribution is 0.0986. The Morgan fingerprint density at radius 1 is 1.24 bits per heavy atom. The number of pyridine rings is 1. The van der Waals surface area contributed by atoms with E-state index < -0.39 is 6.10 Å². The monoisotopic (exact) mass is 284 g/mol. The highest BCUT2D eigenvalue weighted by Crippen LogP contribution is 2.33. The molecule has 0 aliphatic carbocycles. The summed E-state index contributed by atoms with van der Waals surface area (Å²) in [6, 6.07) is 10.3. The third-order valence-corrected chi connectivity index (χ3v) is 3.72. The summed E-state index contributed by atoms with van der Waals surface area (Å²) in [4.78, 5) is 27.9. The van der Waals surface area contributed by atoms with Crippen molar-refractivity contribution in [1.29, 1.82) is 0 Å². The normalized spacial score (nSPS) is 18.0. The maximum absolute atomic E-state index is 12.7. The van der Waals surface area contributed by atoms with Crippen LogP contribution in [-0.4, -0.2) is 22.5 Å². The van der Waals surface area contributed by atoms with Gasteiger partial charge in [-0.15, -0.1) is 0 Å². The molecule has 2 aromatic rings. The summed E-state index contributed by atoms with van der Waals surface area (Å²) >= 11 is 0. The van der Waals surface area contributed by atoms with Crippen LogP contribution in [0.25, 0.3) is 0 Å². The van der Waals surface area contributed by atoms with Crippen molar-refractivity contribution < 1.29 is 9.90 Å². The number of nitrogens with one attached hydrogen (secondary N) is 1. The van der Waals surface area contributed by atoms with Gasteiger partial charge in [-0.1, -0.05) is 18.2 Å². The van der Waals surface area contributed by atoms with Crippen LogP contribution in [0.5, 0.6) is 0 Å². The zero-order valence-corrected chi connectivity index (χ0v) is 11.5. The molecular weight excluding hydrogens is 268 g/mol. The van der Waals surface area contributed by atoms with Gasteiger partial charge in [0.25, 0.3) is 5.91 Å². The van der Waals surface area contributed by atoms with Crippen molar-refractivity contribution in [2.45, 2.75) is 18.9 Å². The number of hydrogen-bond donors (Lipinski definition) is 2. The largest absolute Gasteiger partial charge is 0.388 e. The molecule has 1 aliphatic rings. The number of anilines is 1. The molecule has 1 aliphatic heterocycles. The second-order valence-electron chi connectivity index (χ2n) is 5.12. The molecule has 2 N–H and O–H groups in total. The first kappa shape index (κ1) is 13.6. The minimum atomic E-state index is -0.547. The average molecular weight is 284 g/mol. The van der Waals surface area contributed by atoms with Gasteiger partial charge < -0.3 is 15.0 Å². The van der Waals surface area contributed by atoms with E-state index in [0.717, 1.165) is 17.7 Å². The van der Waals surface area contributed by atoms with Gasteiger partial charge in [-0.3, -0.25) is 9.59 Å². The first-order valence-corrected chi connectivity index (χ1v) is 6.94. The number of aliphatic hydroxyl groups is 1. The molecule has 108 valence electrons. The van der Waals surface area contributed by atoms with Crippen molar-refractivity contribution in [3.8, 4) is 0 Å². The first-order valence-electron chi connectivity index (χ1n) is 6.94. The summed E-state index contributed by atoms with van der Waals surface area (Å²) < 4.78 is 0. The van der Waals surface area contributed by atoms with Crippen LogP contribution >= 0.6 is 0 Å². The number of carbonyl (C=O) groups is 1. The quantitative estimate of drug-likeness (QED) is 0.839. The minimum Gasteiger partial charge on any atom is -0.388 e. The highest BCUT2D eigenvalue weighted by atomic mass is 16.3. The van der Waals surface area contributed by atoms with E-state index in [9.17, 15) is 14.7 Å². The number of para-hydroxylation sites is 1. The van der Waals surface area contributed by atoms with Crippen molar-refractivity contribution in [3.63, 3.8) is 0 Å². The Bertz CT molecular complexity index is 703. The summed E-state index contributed by atoms with van der Waals surface area (Å²) in [5.41, 5.74) is 1.70. The van der Waals surface area contributed by atoms with E-state index in [1.807, 2.05) is 24.3 Å². The number of nitrogens with zero attached hydrogens (tertiary/aromatic N) is 1. The van der Waals surface area contributed by atoms with Gasteiger partial charge in [-0.2, -0.15) is 0 Å². The lowest BCUT2D eigenvalue weighted by Gasteiger charge is -2.23. The van der Waals surface area contributed by atoms with E-state index in [1.165, 1.54) is 18.3 Å². The van der Waals surface area contributed by atoms with Crippen molar-refractivity contribution >= 4 is 11.6 Å². The minimum absolute atomic E-state index is 0.173. The number of aromatic amines is 1. The van der Waals surface area contributed by atoms with Gasteiger partial charge in [0.05, 0.1) is 11.7 Å². The highest BCUT2D eigenvalue weighted by molar-refractivity contribution is 6.06. The Morgan fingerprint density at radius 2 is 2.05 bits per heavy atom. The van der Waals surface area contributed by atoms with Gasteiger partial charge in [-0.05, 0) is 25.0 Å². The lowest BCUT2D eigenvalue weighted by atomic mass is 10.0. The van der Waals surface area contributed by atoms with Gasteiger partial charge in [0.15, 0.2) is 0 Å². The third-order valence-electron chi connectivity index (χ3n) is 3.72. The molecular formula is C16H16N2O3. The van der Waals surface area contributed by atoms with E-state index in [4.69, 9.17) is 0 Å². The molecule has 1 amide bonds. The smallest absolute Gasteiger partial charge is 0.259 e. The van der Waals surface area contributed by atoms with Crippen molar-refractivity contribution in [1.82, 2.24) is 4.98 Å². The first-order chi connectivity index (χ1) is 10.2. The number of amides is 1. The number of hydrogen-bond acceptors (Lipinski definition) is 3. The summed E-state index contributed by atoms with van der Waals surface area (Å²) in [5, 5.41) is 10.2. The number of benzene rings is 1.